The van der Waals surface area contributed by atoms with Gasteiger partial charge in [0.05, 0.1) is 23.0 Å². The Morgan fingerprint density at radius 1 is 1.32 bits per heavy atom. The normalized spacial score (nSPS) is 12.8. The second-order valence-electron chi connectivity index (χ2n) is 5.70. The van der Waals surface area contributed by atoms with Crippen molar-refractivity contribution in [3.8, 4) is 11.3 Å². The highest BCUT2D eigenvalue weighted by Crippen LogP contribution is 2.35. The quantitative estimate of drug-likeness (QED) is 0.723. The van der Waals surface area contributed by atoms with Gasteiger partial charge in [-0.1, -0.05) is 0 Å². The predicted octanol–water partition coefficient (Wildman–Crippen LogP) is 4.49. The monoisotopic (exact) mass is 367 g/mol. The van der Waals surface area contributed by atoms with Crippen LogP contribution in [0.15, 0.2) is 30.6 Å². The van der Waals surface area contributed by atoms with Crippen molar-refractivity contribution in [3.63, 3.8) is 0 Å². The lowest BCUT2D eigenvalue weighted by Gasteiger charge is -2.12. The Kier molecular flexibility index (Phi) is 4.91. The van der Waals surface area contributed by atoms with Gasteiger partial charge in [0.25, 0.3) is 0 Å². The Morgan fingerprint density at radius 3 is 2.72 bits per heavy atom. The number of alkyl halides is 2. The first-order chi connectivity index (χ1) is 11.8. The van der Waals surface area contributed by atoms with Gasteiger partial charge in [0, 0.05) is 23.1 Å². The van der Waals surface area contributed by atoms with E-state index in [2.05, 4.69) is 10.1 Å². The second kappa shape index (κ2) is 6.97. The van der Waals surface area contributed by atoms with E-state index in [0.717, 1.165) is 9.88 Å². The van der Waals surface area contributed by atoms with E-state index in [0.29, 0.717) is 33.5 Å². The molecule has 1 aromatic carbocycles. The summed E-state index contributed by atoms with van der Waals surface area (Å²) in [6, 6.07) is 4.18. The zero-order chi connectivity index (χ0) is 18.1. The molecule has 0 amide bonds. The molecule has 0 aliphatic carbocycles. The van der Waals surface area contributed by atoms with Crippen LogP contribution < -0.4 is 0 Å². The summed E-state index contributed by atoms with van der Waals surface area (Å²) in [5.74, 6) is -0.439. The van der Waals surface area contributed by atoms with Crippen molar-refractivity contribution < 1.29 is 18.3 Å². The maximum absolute atomic E-state index is 13.5. The Bertz CT molecular complexity index is 889. The number of nitrogens with zero attached hydrogens (tertiary/aromatic N) is 3. The fourth-order valence-electron chi connectivity index (χ4n) is 2.66. The fraction of sp³-hybridized carbons (Fsp3) is 0.294. The van der Waals surface area contributed by atoms with Crippen molar-refractivity contribution in [3.05, 3.63) is 57.4 Å². The number of rotatable bonds is 5. The first-order valence-electron chi connectivity index (χ1n) is 7.60. The highest BCUT2D eigenvalue weighted by Gasteiger charge is 2.19. The first kappa shape index (κ1) is 17.6. The van der Waals surface area contributed by atoms with Gasteiger partial charge < -0.3 is 5.11 Å². The van der Waals surface area contributed by atoms with E-state index in [1.165, 1.54) is 35.9 Å². The third-order valence-corrected chi connectivity index (χ3v) is 4.71. The molecule has 2 heterocycles. The minimum atomic E-state index is -2.68. The minimum absolute atomic E-state index is 0.379. The molecule has 0 fully saturated rings. The van der Waals surface area contributed by atoms with Crippen molar-refractivity contribution in [1.29, 1.82) is 0 Å². The van der Waals surface area contributed by atoms with Gasteiger partial charge >= 0.3 is 6.55 Å². The summed E-state index contributed by atoms with van der Waals surface area (Å²) in [4.78, 5) is 5.35. The molecule has 132 valence electrons. The number of halogens is 3. The van der Waals surface area contributed by atoms with Crippen molar-refractivity contribution in [2.24, 2.45) is 0 Å². The van der Waals surface area contributed by atoms with E-state index in [-0.39, 0.29) is 0 Å². The number of thiazole rings is 1. The van der Waals surface area contributed by atoms with Gasteiger partial charge in [-0.3, -0.25) is 0 Å². The minimum Gasteiger partial charge on any atom is -0.389 e. The molecule has 4 nitrogen and oxygen atoms in total. The average molecular weight is 367 g/mol. The highest BCUT2D eigenvalue weighted by atomic mass is 32.1. The molecule has 0 spiro atoms. The number of aromatic nitrogens is 3. The van der Waals surface area contributed by atoms with E-state index in [1.54, 1.807) is 13.0 Å². The van der Waals surface area contributed by atoms with Crippen LogP contribution in [0.2, 0.25) is 0 Å². The molecule has 0 saturated heterocycles. The maximum Gasteiger partial charge on any atom is 0.333 e. The molecule has 0 bridgehead atoms. The molecule has 0 aliphatic heterocycles. The Hall–Kier alpha value is -2.19. The lowest BCUT2D eigenvalue weighted by molar-refractivity contribution is 0.0565. The van der Waals surface area contributed by atoms with Gasteiger partial charge in [-0.2, -0.15) is 13.9 Å². The molecule has 8 heteroatoms. The fourth-order valence-corrected chi connectivity index (χ4v) is 3.64. The molecule has 0 radical (unpaired) electrons. The van der Waals surface area contributed by atoms with Crippen LogP contribution in [0.5, 0.6) is 0 Å². The van der Waals surface area contributed by atoms with Crippen LogP contribution in [0.3, 0.4) is 0 Å². The summed E-state index contributed by atoms with van der Waals surface area (Å²) < 4.78 is 39.5. The lowest BCUT2D eigenvalue weighted by Crippen LogP contribution is -1.99. The molecular formula is C17H16F3N3OS. The lowest BCUT2D eigenvalue weighted by atomic mass is 9.98. The maximum atomic E-state index is 13.5. The summed E-state index contributed by atoms with van der Waals surface area (Å²) in [6.07, 6.45) is 2.21. The van der Waals surface area contributed by atoms with Gasteiger partial charge in [0.1, 0.15) is 5.82 Å². The standard InChI is InChI=1S/C17H16F3N3OS/c1-9(24)14-6-12(18)3-4-13(14)16-15(25-10(2)22-16)5-11-7-21-23(8-11)17(19)20/h3-4,6-9,17,24H,5H2,1-2H3. The molecule has 1 unspecified atom stereocenters. The molecule has 3 aromatic rings. The summed E-state index contributed by atoms with van der Waals surface area (Å²) >= 11 is 1.44. The average Bonchev–Trinajstić information content (AvgIpc) is 3.14. The molecule has 2 aromatic heterocycles. The molecule has 1 atom stereocenters. The van der Waals surface area contributed by atoms with Crippen LogP contribution in [0.25, 0.3) is 11.3 Å². The molecule has 1 N–H and O–H groups in total. The molecule has 25 heavy (non-hydrogen) atoms. The van der Waals surface area contributed by atoms with Crippen LogP contribution in [0.4, 0.5) is 13.2 Å². The van der Waals surface area contributed by atoms with Crippen molar-refractivity contribution in [1.82, 2.24) is 14.8 Å². The molecular weight excluding hydrogens is 351 g/mol. The van der Waals surface area contributed by atoms with Gasteiger partial charge in [-0.05, 0) is 43.2 Å². The molecule has 0 saturated carbocycles. The largest absolute Gasteiger partial charge is 0.389 e. The van der Waals surface area contributed by atoms with E-state index in [9.17, 15) is 18.3 Å². The third-order valence-electron chi connectivity index (χ3n) is 3.74. The van der Waals surface area contributed by atoms with E-state index in [1.807, 2.05) is 6.92 Å². The van der Waals surface area contributed by atoms with Gasteiger partial charge in [0.15, 0.2) is 0 Å². The van der Waals surface area contributed by atoms with Crippen LogP contribution in [-0.4, -0.2) is 19.9 Å². The zero-order valence-corrected chi connectivity index (χ0v) is 14.4. The summed E-state index contributed by atoms with van der Waals surface area (Å²) in [7, 11) is 0. The third kappa shape index (κ3) is 3.74. The first-order valence-corrected chi connectivity index (χ1v) is 8.42. The summed E-state index contributed by atoms with van der Waals surface area (Å²) in [5, 5.41) is 14.4. The Balaban J connectivity index is 2.01. The number of benzene rings is 1. The van der Waals surface area contributed by atoms with Crippen LogP contribution in [-0.2, 0) is 6.42 Å². The predicted molar refractivity (Wildman–Crippen MR) is 89.2 cm³/mol. The number of aliphatic hydroxyl groups is 1. The number of hydrogen-bond acceptors (Lipinski definition) is 4. The number of hydrogen-bond donors (Lipinski definition) is 1. The molecule has 0 aliphatic rings. The Labute approximate surface area is 146 Å². The highest BCUT2D eigenvalue weighted by molar-refractivity contribution is 7.12. The van der Waals surface area contributed by atoms with Crippen molar-refractivity contribution in [2.45, 2.75) is 32.9 Å². The summed E-state index contributed by atoms with van der Waals surface area (Å²) in [6.45, 7) is 0.714. The smallest absolute Gasteiger partial charge is 0.333 e. The SMILES string of the molecule is Cc1nc(-c2ccc(F)cc2C(C)O)c(Cc2cnn(C(F)F)c2)s1. The van der Waals surface area contributed by atoms with Crippen molar-refractivity contribution in [2.75, 3.05) is 0 Å². The zero-order valence-electron chi connectivity index (χ0n) is 13.6. The van der Waals surface area contributed by atoms with E-state index >= 15 is 0 Å². The van der Waals surface area contributed by atoms with Gasteiger partial charge in [-0.15, -0.1) is 11.3 Å². The summed E-state index contributed by atoms with van der Waals surface area (Å²) in [5.41, 5.74) is 2.33. The van der Waals surface area contributed by atoms with E-state index in [4.69, 9.17) is 0 Å². The number of aryl methyl sites for hydroxylation is 1. The van der Waals surface area contributed by atoms with Crippen molar-refractivity contribution >= 4 is 11.3 Å². The van der Waals surface area contributed by atoms with Crippen LogP contribution in [0.1, 0.15) is 40.6 Å². The van der Waals surface area contributed by atoms with E-state index < -0.39 is 18.5 Å². The van der Waals surface area contributed by atoms with Crippen LogP contribution >= 0.6 is 11.3 Å². The topological polar surface area (TPSA) is 50.9 Å². The van der Waals surface area contributed by atoms with Gasteiger partial charge in [-0.25, -0.2) is 14.1 Å². The van der Waals surface area contributed by atoms with Gasteiger partial charge in [0.2, 0.25) is 0 Å². The molecule has 3 rings (SSSR count). The second-order valence-corrected chi connectivity index (χ2v) is 6.98. The Morgan fingerprint density at radius 2 is 2.08 bits per heavy atom. The van der Waals surface area contributed by atoms with Crippen LogP contribution in [0, 0.1) is 12.7 Å². The number of aliphatic hydroxyl groups excluding tert-OH is 1.